The summed E-state index contributed by atoms with van der Waals surface area (Å²) in [5, 5.41) is 1.01. The zero-order chi connectivity index (χ0) is 15.7. The number of aromatic nitrogens is 1. The van der Waals surface area contributed by atoms with E-state index in [4.69, 9.17) is 5.73 Å². The predicted molar refractivity (Wildman–Crippen MR) is 96.2 cm³/mol. The standard InChI is InChI=1S/C18H23N3O.ClH/c1-12-6-7-14-10-16(13(2)20-17(14)9-12)18(22)21-8-4-3-5-15(21)11-19;/h6-7,9-10,15H,3-5,8,11,19H2,1-2H3;1H. The first kappa shape index (κ1) is 17.7. The molecule has 1 aromatic carbocycles. The van der Waals surface area contributed by atoms with Gasteiger partial charge in [-0.05, 0) is 50.8 Å². The van der Waals surface area contributed by atoms with Gasteiger partial charge in [-0.1, -0.05) is 12.1 Å². The number of nitrogens with two attached hydrogens (primary N) is 1. The monoisotopic (exact) mass is 333 g/mol. The minimum absolute atomic E-state index is 0. The molecule has 1 amide bonds. The highest BCUT2D eigenvalue weighted by Gasteiger charge is 2.27. The van der Waals surface area contributed by atoms with Crippen molar-refractivity contribution in [3.8, 4) is 0 Å². The van der Waals surface area contributed by atoms with Crippen LogP contribution in [0.2, 0.25) is 0 Å². The maximum absolute atomic E-state index is 12.9. The predicted octanol–water partition coefficient (Wildman–Crippen LogP) is 3.23. The van der Waals surface area contributed by atoms with Gasteiger partial charge in [-0.2, -0.15) is 0 Å². The highest BCUT2D eigenvalue weighted by atomic mass is 35.5. The maximum atomic E-state index is 12.9. The molecule has 1 aliphatic rings. The topological polar surface area (TPSA) is 59.2 Å². The van der Waals surface area contributed by atoms with Crippen molar-refractivity contribution in [2.75, 3.05) is 13.1 Å². The van der Waals surface area contributed by atoms with Gasteiger partial charge in [-0.25, -0.2) is 0 Å². The van der Waals surface area contributed by atoms with Gasteiger partial charge in [0.2, 0.25) is 0 Å². The first-order valence-electron chi connectivity index (χ1n) is 7.99. The summed E-state index contributed by atoms with van der Waals surface area (Å²) in [7, 11) is 0. The number of halogens is 1. The number of nitrogens with zero attached hydrogens (tertiary/aromatic N) is 2. The van der Waals surface area contributed by atoms with Gasteiger partial charge >= 0.3 is 0 Å². The molecule has 0 radical (unpaired) electrons. The molecular formula is C18H24ClN3O. The quantitative estimate of drug-likeness (QED) is 0.918. The fourth-order valence-corrected chi connectivity index (χ4v) is 3.26. The maximum Gasteiger partial charge on any atom is 0.256 e. The van der Waals surface area contributed by atoms with E-state index in [1.54, 1.807) is 0 Å². The molecule has 124 valence electrons. The van der Waals surface area contributed by atoms with E-state index in [1.807, 2.05) is 24.0 Å². The van der Waals surface area contributed by atoms with Gasteiger partial charge < -0.3 is 10.6 Å². The average molecular weight is 334 g/mol. The molecule has 23 heavy (non-hydrogen) atoms. The Kier molecular flexibility index (Phi) is 5.60. The number of fused-ring (bicyclic) bond motifs is 1. The number of aryl methyl sites for hydroxylation is 2. The Morgan fingerprint density at radius 1 is 1.30 bits per heavy atom. The zero-order valence-electron chi connectivity index (χ0n) is 13.7. The fraction of sp³-hybridized carbons (Fsp3) is 0.444. The lowest BCUT2D eigenvalue weighted by Crippen LogP contribution is -2.47. The normalized spacial score (nSPS) is 17.9. The van der Waals surface area contributed by atoms with Crippen molar-refractivity contribution in [3.63, 3.8) is 0 Å². The van der Waals surface area contributed by atoms with Crippen molar-refractivity contribution in [3.05, 3.63) is 41.1 Å². The zero-order valence-corrected chi connectivity index (χ0v) is 14.5. The highest BCUT2D eigenvalue weighted by Crippen LogP contribution is 2.23. The van der Waals surface area contributed by atoms with E-state index < -0.39 is 0 Å². The van der Waals surface area contributed by atoms with Crippen LogP contribution in [-0.4, -0.2) is 34.9 Å². The van der Waals surface area contributed by atoms with E-state index in [0.717, 1.165) is 42.4 Å². The highest BCUT2D eigenvalue weighted by molar-refractivity contribution is 5.99. The van der Waals surface area contributed by atoms with Crippen LogP contribution in [0.4, 0.5) is 0 Å². The van der Waals surface area contributed by atoms with Crippen molar-refractivity contribution >= 4 is 29.2 Å². The fourth-order valence-electron chi connectivity index (χ4n) is 3.26. The van der Waals surface area contributed by atoms with Crippen molar-refractivity contribution in [2.24, 2.45) is 5.73 Å². The lowest BCUT2D eigenvalue weighted by molar-refractivity contribution is 0.0622. The van der Waals surface area contributed by atoms with Crippen LogP contribution >= 0.6 is 12.4 Å². The molecule has 0 spiro atoms. The SMILES string of the molecule is Cc1ccc2cc(C(=O)N3CCCCC3CN)c(C)nc2c1.Cl. The second-order valence-corrected chi connectivity index (χ2v) is 6.20. The number of hydrogen-bond donors (Lipinski definition) is 1. The number of amides is 1. The van der Waals surface area contributed by atoms with E-state index in [0.29, 0.717) is 12.1 Å². The molecule has 1 saturated heterocycles. The summed E-state index contributed by atoms with van der Waals surface area (Å²) in [6, 6.07) is 8.28. The van der Waals surface area contributed by atoms with Gasteiger partial charge in [-0.3, -0.25) is 9.78 Å². The Labute approximate surface area is 143 Å². The molecule has 0 bridgehead atoms. The van der Waals surface area contributed by atoms with E-state index in [9.17, 15) is 4.79 Å². The van der Waals surface area contributed by atoms with Crippen molar-refractivity contribution in [1.82, 2.24) is 9.88 Å². The summed E-state index contributed by atoms with van der Waals surface area (Å²) in [5.74, 6) is 0.0719. The van der Waals surface area contributed by atoms with Crippen molar-refractivity contribution < 1.29 is 4.79 Å². The molecule has 1 aliphatic heterocycles. The molecule has 0 aliphatic carbocycles. The molecule has 3 rings (SSSR count). The molecule has 0 saturated carbocycles. The number of carbonyl (C=O) groups excluding carboxylic acids is 1. The third-order valence-corrected chi connectivity index (χ3v) is 4.55. The van der Waals surface area contributed by atoms with Crippen LogP contribution in [0.5, 0.6) is 0 Å². The molecule has 2 N–H and O–H groups in total. The summed E-state index contributed by atoms with van der Waals surface area (Å²) in [6.07, 6.45) is 3.21. The average Bonchev–Trinajstić information content (AvgIpc) is 2.53. The number of rotatable bonds is 2. The van der Waals surface area contributed by atoms with Gasteiger partial charge in [-0.15, -0.1) is 12.4 Å². The largest absolute Gasteiger partial charge is 0.334 e. The van der Waals surface area contributed by atoms with Crippen LogP contribution in [0.15, 0.2) is 24.3 Å². The number of pyridine rings is 1. The van der Waals surface area contributed by atoms with Gasteiger partial charge in [0, 0.05) is 24.5 Å². The van der Waals surface area contributed by atoms with Gasteiger partial charge in [0.25, 0.3) is 5.91 Å². The lowest BCUT2D eigenvalue weighted by atomic mass is 10.00. The number of benzene rings is 1. The summed E-state index contributed by atoms with van der Waals surface area (Å²) in [5.41, 5.74) is 9.47. The van der Waals surface area contributed by atoms with Crippen molar-refractivity contribution in [2.45, 2.75) is 39.2 Å². The Bertz CT molecular complexity index is 717. The third-order valence-electron chi connectivity index (χ3n) is 4.55. The van der Waals surface area contributed by atoms with E-state index in [2.05, 4.69) is 24.0 Å². The second-order valence-electron chi connectivity index (χ2n) is 6.20. The molecule has 1 aromatic heterocycles. The van der Waals surface area contributed by atoms with Crippen LogP contribution in [0.1, 0.15) is 40.9 Å². The molecular weight excluding hydrogens is 310 g/mol. The Morgan fingerprint density at radius 2 is 2.09 bits per heavy atom. The van der Waals surface area contributed by atoms with Crippen LogP contribution in [0.25, 0.3) is 10.9 Å². The van der Waals surface area contributed by atoms with E-state index in [-0.39, 0.29) is 24.4 Å². The van der Waals surface area contributed by atoms with Gasteiger partial charge in [0.1, 0.15) is 0 Å². The summed E-state index contributed by atoms with van der Waals surface area (Å²) >= 11 is 0. The Balaban J connectivity index is 0.00000192. The van der Waals surface area contributed by atoms with E-state index in [1.165, 1.54) is 5.56 Å². The first-order valence-corrected chi connectivity index (χ1v) is 7.99. The summed E-state index contributed by atoms with van der Waals surface area (Å²) in [4.78, 5) is 19.5. The molecule has 4 nitrogen and oxygen atoms in total. The Hall–Kier alpha value is -1.65. The molecule has 1 unspecified atom stereocenters. The number of carbonyl (C=O) groups is 1. The van der Waals surface area contributed by atoms with Crippen LogP contribution < -0.4 is 5.73 Å². The smallest absolute Gasteiger partial charge is 0.256 e. The minimum atomic E-state index is 0. The van der Waals surface area contributed by atoms with Crippen LogP contribution in [-0.2, 0) is 0 Å². The number of hydrogen-bond acceptors (Lipinski definition) is 3. The third kappa shape index (κ3) is 3.48. The van der Waals surface area contributed by atoms with E-state index >= 15 is 0 Å². The molecule has 1 atom stereocenters. The molecule has 2 aromatic rings. The molecule has 2 heterocycles. The summed E-state index contributed by atoms with van der Waals surface area (Å²) in [6.45, 7) is 5.29. The van der Waals surface area contributed by atoms with Crippen molar-refractivity contribution in [1.29, 1.82) is 0 Å². The minimum Gasteiger partial charge on any atom is -0.334 e. The lowest BCUT2D eigenvalue weighted by Gasteiger charge is -2.35. The van der Waals surface area contributed by atoms with Gasteiger partial charge in [0.05, 0.1) is 16.8 Å². The summed E-state index contributed by atoms with van der Waals surface area (Å²) < 4.78 is 0. The number of piperidine rings is 1. The molecule has 5 heteroatoms. The Morgan fingerprint density at radius 3 is 2.83 bits per heavy atom. The van der Waals surface area contributed by atoms with Crippen LogP contribution in [0.3, 0.4) is 0 Å². The van der Waals surface area contributed by atoms with Crippen LogP contribution in [0, 0.1) is 13.8 Å². The van der Waals surface area contributed by atoms with Gasteiger partial charge in [0.15, 0.2) is 0 Å². The molecule has 1 fully saturated rings. The first-order chi connectivity index (χ1) is 10.6. The second kappa shape index (κ2) is 7.28. The number of likely N-dealkylation sites (tertiary alicyclic amines) is 1.